The van der Waals surface area contributed by atoms with Gasteiger partial charge in [0.25, 0.3) is 0 Å². The quantitative estimate of drug-likeness (QED) is 0.833. The van der Waals surface area contributed by atoms with Gasteiger partial charge in [-0.2, -0.15) is 0 Å². The first-order valence-electron chi connectivity index (χ1n) is 9.07. The molecule has 3 rings (SSSR count). The molecule has 4 heteroatoms. The lowest BCUT2D eigenvalue weighted by Crippen LogP contribution is -2.58. The highest BCUT2D eigenvalue weighted by atomic mass is 16.5. The number of carbonyl (C=O) groups is 1. The molecule has 132 valence electrons. The van der Waals surface area contributed by atoms with Crippen LogP contribution in [-0.2, 0) is 20.7 Å². The van der Waals surface area contributed by atoms with Gasteiger partial charge in [0.05, 0.1) is 12.7 Å². The molecule has 0 aliphatic carbocycles. The van der Waals surface area contributed by atoms with Crippen LogP contribution in [0.5, 0.6) is 0 Å². The number of ether oxygens (including phenoxy) is 2. The van der Waals surface area contributed by atoms with E-state index in [0.29, 0.717) is 13.0 Å². The highest BCUT2D eigenvalue weighted by Gasteiger charge is 2.46. The molecule has 1 aromatic carbocycles. The number of carbonyl (C=O) groups excluding carboxylic acids is 1. The summed E-state index contributed by atoms with van der Waals surface area (Å²) in [6.45, 7) is 5.22. The number of rotatable bonds is 5. The fraction of sp³-hybridized carbons (Fsp3) is 0.650. The minimum atomic E-state index is -0.0103. The van der Waals surface area contributed by atoms with E-state index in [1.807, 2.05) is 17.0 Å². The molecule has 2 atom stereocenters. The van der Waals surface area contributed by atoms with Gasteiger partial charge in [0.1, 0.15) is 0 Å². The standard InChI is InChI=1S/C20H29NO3/c1-16-6-3-4-7-17(16)8-9-19(22)21-12-10-18-20(14-21,15-23-2)11-5-13-24-18/h3-4,6-7,18H,5,8-15H2,1-2H3/t18-,20+/m0/s1. The van der Waals surface area contributed by atoms with Gasteiger partial charge in [-0.1, -0.05) is 24.3 Å². The Kier molecular flexibility index (Phi) is 5.57. The minimum Gasteiger partial charge on any atom is -0.384 e. The van der Waals surface area contributed by atoms with E-state index in [2.05, 4.69) is 19.1 Å². The van der Waals surface area contributed by atoms with Gasteiger partial charge >= 0.3 is 0 Å². The zero-order valence-electron chi connectivity index (χ0n) is 14.9. The van der Waals surface area contributed by atoms with E-state index < -0.39 is 0 Å². The topological polar surface area (TPSA) is 38.8 Å². The number of hydrogen-bond donors (Lipinski definition) is 0. The van der Waals surface area contributed by atoms with Crippen molar-refractivity contribution in [3.05, 3.63) is 35.4 Å². The van der Waals surface area contributed by atoms with Gasteiger partial charge in [-0.15, -0.1) is 0 Å². The summed E-state index contributed by atoms with van der Waals surface area (Å²) < 4.78 is 11.5. The Morgan fingerprint density at radius 1 is 1.42 bits per heavy atom. The van der Waals surface area contributed by atoms with Gasteiger partial charge in [-0.25, -0.2) is 0 Å². The molecule has 2 aliphatic rings. The minimum absolute atomic E-state index is 0.0103. The van der Waals surface area contributed by atoms with Gasteiger partial charge in [-0.05, 0) is 43.7 Å². The molecule has 0 saturated carbocycles. The van der Waals surface area contributed by atoms with Gasteiger partial charge in [-0.3, -0.25) is 4.79 Å². The molecule has 2 heterocycles. The SMILES string of the molecule is COC[C@]12CCCO[C@H]1CCN(C(=O)CCc1ccccc1C)C2. The van der Waals surface area contributed by atoms with Crippen LogP contribution in [-0.4, -0.2) is 50.3 Å². The van der Waals surface area contributed by atoms with Crippen LogP contribution in [0.1, 0.15) is 36.8 Å². The first-order valence-corrected chi connectivity index (χ1v) is 9.07. The maximum absolute atomic E-state index is 12.7. The molecule has 2 fully saturated rings. The Bertz CT molecular complexity index is 570. The first kappa shape index (κ1) is 17.4. The molecule has 2 aliphatic heterocycles. The van der Waals surface area contributed by atoms with Crippen molar-refractivity contribution in [2.24, 2.45) is 5.41 Å². The van der Waals surface area contributed by atoms with Crippen molar-refractivity contribution in [3.8, 4) is 0 Å². The summed E-state index contributed by atoms with van der Waals surface area (Å²) in [5, 5.41) is 0. The predicted molar refractivity (Wildman–Crippen MR) is 94.0 cm³/mol. The van der Waals surface area contributed by atoms with E-state index in [4.69, 9.17) is 9.47 Å². The number of methoxy groups -OCH3 is 1. The number of likely N-dealkylation sites (tertiary alicyclic amines) is 1. The lowest BCUT2D eigenvalue weighted by atomic mass is 9.73. The molecule has 0 aromatic heterocycles. The van der Waals surface area contributed by atoms with Crippen molar-refractivity contribution in [2.75, 3.05) is 33.4 Å². The first-order chi connectivity index (χ1) is 11.6. The lowest BCUT2D eigenvalue weighted by Gasteiger charge is -2.50. The molecule has 2 saturated heterocycles. The number of fused-ring (bicyclic) bond motifs is 1. The van der Waals surface area contributed by atoms with E-state index in [9.17, 15) is 4.79 Å². The summed E-state index contributed by atoms with van der Waals surface area (Å²) in [5.41, 5.74) is 2.53. The summed E-state index contributed by atoms with van der Waals surface area (Å²) in [5.74, 6) is 0.262. The third-order valence-electron chi connectivity index (χ3n) is 5.64. The van der Waals surface area contributed by atoms with Crippen LogP contribution in [0, 0.1) is 12.3 Å². The summed E-state index contributed by atoms with van der Waals surface area (Å²) in [6.07, 6.45) is 4.72. The highest BCUT2D eigenvalue weighted by molar-refractivity contribution is 5.76. The summed E-state index contributed by atoms with van der Waals surface area (Å²) in [7, 11) is 1.75. The second-order valence-corrected chi connectivity index (χ2v) is 7.29. The van der Waals surface area contributed by atoms with Crippen LogP contribution in [0.15, 0.2) is 24.3 Å². The predicted octanol–water partition coefficient (Wildman–Crippen LogP) is 2.97. The zero-order valence-corrected chi connectivity index (χ0v) is 14.9. The Labute approximate surface area is 145 Å². The second-order valence-electron chi connectivity index (χ2n) is 7.29. The number of piperidine rings is 1. The van der Waals surface area contributed by atoms with Crippen LogP contribution in [0.2, 0.25) is 0 Å². The van der Waals surface area contributed by atoms with Crippen molar-refractivity contribution in [2.45, 2.75) is 45.1 Å². The number of benzene rings is 1. The average molecular weight is 331 g/mol. The van der Waals surface area contributed by atoms with Crippen LogP contribution in [0.25, 0.3) is 0 Å². The van der Waals surface area contributed by atoms with Gasteiger partial charge in [0, 0.05) is 38.6 Å². The molecule has 0 spiro atoms. The largest absolute Gasteiger partial charge is 0.384 e. The zero-order chi connectivity index (χ0) is 17.0. The number of amides is 1. The normalized spacial score (nSPS) is 26.9. The van der Waals surface area contributed by atoms with E-state index in [1.54, 1.807) is 7.11 Å². The van der Waals surface area contributed by atoms with Crippen molar-refractivity contribution in [1.82, 2.24) is 4.90 Å². The summed E-state index contributed by atoms with van der Waals surface area (Å²) in [4.78, 5) is 14.8. The highest BCUT2D eigenvalue weighted by Crippen LogP contribution is 2.40. The third kappa shape index (κ3) is 3.65. The van der Waals surface area contributed by atoms with Gasteiger partial charge < -0.3 is 14.4 Å². The van der Waals surface area contributed by atoms with Crippen molar-refractivity contribution < 1.29 is 14.3 Å². The van der Waals surface area contributed by atoms with Crippen molar-refractivity contribution in [1.29, 1.82) is 0 Å². The van der Waals surface area contributed by atoms with Crippen LogP contribution < -0.4 is 0 Å². The third-order valence-corrected chi connectivity index (χ3v) is 5.64. The summed E-state index contributed by atoms with van der Waals surface area (Å²) in [6, 6.07) is 8.32. The average Bonchev–Trinajstić information content (AvgIpc) is 2.60. The molecule has 0 bridgehead atoms. The molecule has 4 nitrogen and oxygen atoms in total. The number of hydrogen-bond acceptors (Lipinski definition) is 3. The van der Waals surface area contributed by atoms with Gasteiger partial charge in [0.2, 0.25) is 5.91 Å². The Morgan fingerprint density at radius 3 is 3.04 bits per heavy atom. The molecule has 0 N–H and O–H groups in total. The second kappa shape index (κ2) is 7.66. The number of nitrogens with zero attached hydrogens (tertiary/aromatic N) is 1. The van der Waals surface area contributed by atoms with E-state index in [-0.39, 0.29) is 17.4 Å². The van der Waals surface area contributed by atoms with Crippen LogP contribution in [0.3, 0.4) is 0 Å². The lowest BCUT2D eigenvalue weighted by molar-refractivity contribution is -0.162. The molecular weight excluding hydrogens is 302 g/mol. The fourth-order valence-electron chi connectivity index (χ4n) is 4.29. The van der Waals surface area contributed by atoms with Gasteiger partial charge in [0.15, 0.2) is 0 Å². The van der Waals surface area contributed by atoms with E-state index >= 15 is 0 Å². The maximum atomic E-state index is 12.7. The Balaban J connectivity index is 1.62. The van der Waals surface area contributed by atoms with Crippen molar-refractivity contribution in [3.63, 3.8) is 0 Å². The molecule has 24 heavy (non-hydrogen) atoms. The van der Waals surface area contributed by atoms with Crippen LogP contribution >= 0.6 is 0 Å². The monoisotopic (exact) mass is 331 g/mol. The maximum Gasteiger partial charge on any atom is 0.222 e. The molecule has 0 radical (unpaired) electrons. The van der Waals surface area contributed by atoms with E-state index in [1.165, 1.54) is 11.1 Å². The van der Waals surface area contributed by atoms with Crippen LogP contribution in [0.4, 0.5) is 0 Å². The summed E-state index contributed by atoms with van der Waals surface area (Å²) >= 11 is 0. The van der Waals surface area contributed by atoms with Crippen molar-refractivity contribution >= 4 is 5.91 Å². The smallest absolute Gasteiger partial charge is 0.222 e. The molecule has 0 unspecified atom stereocenters. The molecular formula is C20H29NO3. The molecule has 1 aromatic rings. The number of aryl methyl sites for hydroxylation is 2. The molecule has 1 amide bonds. The van der Waals surface area contributed by atoms with E-state index in [0.717, 1.165) is 45.4 Å². The fourth-order valence-corrected chi connectivity index (χ4v) is 4.29. The Hall–Kier alpha value is -1.39. The Morgan fingerprint density at radius 2 is 2.25 bits per heavy atom.